The number of amides is 3. The summed E-state index contributed by atoms with van der Waals surface area (Å²) in [6.07, 6.45) is -1.13. The number of nitrogens with zero attached hydrogens (tertiary/aromatic N) is 2. The number of hydrogen-bond donors (Lipinski definition) is 1. The standard InChI is InChI=1S/C18H16F2N2O3/c1-11-17(24)21(10-16(23)12-2-4-13(19)5-3-12)18(25)22(11)15-8-6-14(20)7-9-15/h2-9,11,16,23H,10H2,1H3/t11-,16+/m0/s1. The van der Waals surface area contributed by atoms with E-state index in [9.17, 15) is 23.5 Å². The maximum Gasteiger partial charge on any atom is 0.332 e. The maximum atomic E-state index is 13.1. The van der Waals surface area contributed by atoms with Gasteiger partial charge in [0.05, 0.1) is 12.6 Å². The lowest BCUT2D eigenvalue weighted by atomic mass is 10.1. The van der Waals surface area contributed by atoms with Crippen molar-refractivity contribution in [2.45, 2.75) is 19.1 Å². The first-order valence-corrected chi connectivity index (χ1v) is 7.72. The first-order chi connectivity index (χ1) is 11.9. The van der Waals surface area contributed by atoms with Crippen LogP contribution in [-0.2, 0) is 4.79 Å². The molecule has 7 heteroatoms. The van der Waals surface area contributed by atoms with Gasteiger partial charge in [-0.15, -0.1) is 0 Å². The second-order valence-corrected chi connectivity index (χ2v) is 5.82. The van der Waals surface area contributed by atoms with Crippen LogP contribution in [0.2, 0.25) is 0 Å². The minimum Gasteiger partial charge on any atom is -0.387 e. The van der Waals surface area contributed by atoms with Gasteiger partial charge in [-0.2, -0.15) is 0 Å². The van der Waals surface area contributed by atoms with Crippen molar-refractivity contribution in [2.75, 3.05) is 11.4 Å². The summed E-state index contributed by atoms with van der Waals surface area (Å²) in [6, 6.07) is 9.06. The minimum absolute atomic E-state index is 0.245. The van der Waals surface area contributed by atoms with Gasteiger partial charge in [-0.3, -0.25) is 14.6 Å². The number of hydrogen-bond acceptors (Lipinski definition) is 3. The molecular formula is C18H16F2N2O3. The van der Waals surface area contributed by atoms with Crippen molar-refractivity contribution in [3.8, 4) is 0 Å². The molecule has 5 nitrogen and oxygen atoms in total. The van der Waals surface area contributed by atoms with Crippen LogP contribution in [0.3, 0.4) is 0 Å². The lowest BCUT2D eigenvalue weighted by Crippen LogP contribution is -2.36. The highest BCUT2D eigenvalue weighted by molar-refractivity contribution is 6.14. The van der Waals surface area contributed by atoms with E-state index in [0.717, 1.165) is 4.90 Å². The molecule has 1 heterocycles. The minimum atomic E-state index is -1.13. The summed E-state index contributed by atoms with van der Waals surface area (Å²) in [7, 11) is 0. The van der Waals surface area contributed by atoms with E-state index in [4.69, 9.17) is 0 Å². The number of carbonyl (C=O) groups excluding carboxylic acids is 2. The maximum absolute atomic E-state index is 13.1. The van der Waals surface area contributed by atoms with Crippen molar-refractivity contribution in [1.29, 1.82) is 0 Å². The molecule has 1 aliphatic heterocycles. The van der Waals surface area contributed by atoms with Gasteiger partial charge in [-0.05, 0) is 48.9 Å². The third-order valence-electron chi connectivity index (χ3n) is 4.16. The molecule has 2 atom stereocenters. The zero-order valence-corrected chi connectivity index (χ0v) is 13.4. The van der Waals surface area contributed by atoms with E-state index in [2.05, 4.69) is 0 Å². The van der Waals surface area contributed by atoms with Crippen LogP contribution in [0.1, 0.15) is 18.6 Å². The zero-order valence-electron chi connectivity index (χ0n) is 13.4. The molecule has 0 spiro atoms. The lowest BCUT2D eigenvalue weighted by molar-refractivity contribution is -0.127. The third kappa shape index (κ3) is 3.23. The summed E-state index contributed by atoms with van der Waals surface area (Å²) < 4.78 is 26.0. The summed E-state index contributed by atoms with van der Waals surface area (Å²) in [4.78, 5) is 27.2. The molecule has 1 fully saturated rings. The van der Waals surface area contributed by atoms with Crippen LogP contribution in [0.4, 0.5) is 19.3 Å². The van der Waals surface area contributed by atoms with Crippen LogP contribution in [0.15, 0.2) is 48.5 Å². The van der Waals surface area contributed by atoms with Gasteiger partial charge in [0, 0.05) is 5.69 Å². The van der Waals surface area contributed by atoms with Crippen LogP contribution in [0, 0.1) is 11.6 Å². The molecule has 3 rings (SSSR count). The van der Waals surface area contributed by atoms with Gasteiger partial charge in [-0.1, -0.05) is 12.1 Å². The van der Waals surface area contributed by atoms with E-state index >= 15 is 0 Å². The normalized spacial score (nSPS) is 18.8. The summed E-state index contributed by atoms with van der Waals surface area (Å²) in [6.45, 7) is 1.32. The number of urea groups is 1. The number of aliphatic hydroxyl groups excluding tert-OH is 1. The smallest absolute Gasteiger partial charge is 0.332 e. The molecule has 3 amide bonds. The number of imide groups is 1. The third-order valence-corrected chi connectivity index (χ3v) is 4.16. The van der Waals surface area contributed by atoms with Crippen LogP contribution < -0.4 is 4.90 Å². The Morgan fingerprint density at radius 3 is 2.08 bits per heavy atom. The molecule has 25 heavy (non-hydrogen) atoms. The molecule has 0 aromatic heterocycles. The topological polar surface area (TPSA) is 60.9 Å². The Labute approximate surface area is 143 Å². The summed E-state index contributed by atoms with van der Waals surface area (Å²) >= 11 is 0. The van der Waals surface area contributed by atoms with Crippen LogP contribution in [0.25, 0.3) is 0 Å². The molecule has 130 valence electrons. The Balaban J connectivity index is 1.80. The number of halogens is 2. The second-order valence-electron chi connectivity index (χ2n) is 5.82. The Hall–Kier alpha value is -2.80. The highest BCUT2D eigenvalue weighted by Gasteiger charge is 2.43. The fourth-order valence-electron chi connectivity index (χ4n) is 2.79. The molecule has 0 bridgehead atoms. The van der Waals surface area contributed by atoms with Crippen LogP contribution in [0.5, 0.6) is 0 Å². The number of aliphatic hydroxyl groups is 1. The molecule has 2 aromatic rings. The predicted octanol–water partition coefficient (Wildman–Crippen LogP) is 2.86. The van der Waals surface area contributed by atoms with Gasteiger partial charge in [0.15, 0.2) is 0 Å². The number of rotatable bonds is 4. The molecule has 1 aliphatic rings. The number of anilines is 1. The first kappa shape index (κ1) is 17.0. The quantitative estimate of drug-likeness (QED) is 0.866. The van der Waals surface area contributed by atoms with Crippen molar-refractivity contribution in [3.05, 3.63) is 65.7 Å². The van der Waals surface area contributed by atoms with Crippen molar-refractivity contribution in [2.24, 2.45) is 0 Å². The molecule has 2 aromatic carbocycles. The Kier molecular flexibility index (Phi) is 4.50. The SMILES string of the molecule is C[C@H]1C(=O)N(C[C@@H](O)c2ccc(F)cc2)C(=O)N1c1ccc(F)cc1. The highest BCUT2D eigenvalue weighted by atomic mass is 19.1. The number of carbonyl (C=O) groups is 2. The molecule has 0 radical (unpaired) electrons. The molecular weight excluding hydrogens is 330 g/mol. The van der Waals surface area contributed by atoms with E-state index in [1.807, 2.05) is 0 Å². The largest absolute Gasteiger partial charge is 0.387 e. The number of β-amino-alcohol motifs (C(OH)–C–C–N with tert-alkyl or cyclic N) is 1. The summed E-state index contributed by atoms with van der Waals surface area (Å²) in [5, 5.41) is 10.3. The lowest BCUT2D eigenvalue weighted by Gasteiger charge is -2.20. The van der Waals surface area contributed by atoms with Crippen LogP contribution >= 0.6 is 0 Å². The van der Waals surface area contributed by atoms with Gasteiger partial charge in [0.2, 0.25) is 0 Å². The molecule has 0 saturated carbocycles. The van der Waals surface area contributed by atoms with E-state index < -0.39 is 35.7 Å². The highest BCUT2D eigenvalue weighted by Crippen LogP contribution is 2.27. The van der Waals surface area contributed by atoms with Crippen molar-refractivity contribution < 1.29 is 23.5 Å². The monoisotopic (exact) mass is 346 g/mol. The molecule has 1 saturated heterocycles. The van der Waals surface area contributed by atoms with E-state index in [1.165, 1.54) is 53.4 Å². The van der Waals surface area contributed by atoms with Crippen LogP contribution in [-0.4, -0.2) is 34.5 Å². The average molecular weight is 346 g/mol. The first-order valence-electron chi connectivity index (χ1n) is 7.72. The fraction of sp³-hybridized carbons (Fsp3) is 0.222. The van der Waals surface area contributed by atoms with Crippen molar-refractivity contribution in [1.82, 2.24) is 4.90 Å². The van der Waals surface area contributed by atoms with E-state index in [0.29, 0.717) is 11.3 Å². The Bertz CT molecular complexity index is 793. The number of benzene rings is 2. The second kappa shape index (κ2) is 6.60. The van der Waals surface area contributed by atoms with Crippen molar-refractivity contribution in [3.63, 3.8) is 0 Å². The van der Waals surface area contributed by atoms with Gasteiger partial charge in [0.25, 0.3) is 5.91 Å². The Morgan fingerprint density at radius 1 is 1.00 bits per heavy atom. The average Bonchev–Trinajstić information content (AvgIpc) is 2.80. The van der Waals surface area contributed by atoms with E-state index in [1.54, 1.807) is 6.92 Å². The van der Waals surface area contributed by atoms with E-state index in [-0.39, 0.29) is 6.54 Å². The molecule has 0 aliphatic carbocycles. The summed E-state index contributed by atoms with van der Waals surface area (Å²) in [5.41, 5.74) is 0.793. The van der Waals surface area contributed by atoms with Gasteiger partial charge >= 0.3 is 6.03 Å². The van der Waals surface area contributed by atoms with Crippen molar-refractivity contribution >= 4 is 17.6 Å². The zero-order chi connectivity index (χ0) is 18.1. The predicted molar refractivity (Wildman–Crippen MR) is 86.8 cm³/mol. The molecule has 0 unspecified atom stereocenters. The summed E-state index contributed by atoms with van der Waals surface area (Å²) in [5.74, 6) is -1.35. The van der Waals surface area contributed by atoms with Gasteiger partial charge < -0.3 is 5.11 Å². The molecule has 1 N–H and O–H groups in total. The van der Waals surface area contributed by atoms with Gasteiger partial charge in [-0.25, -0.2) is 13.6 Å². The Morgan fingerprint density at radius 2 is 1.52 bits per heavy atom. The fourth-order valence-corrected chi connectivity index (χ4v) is 2.79. The van der Waals surface area contributed by atoms with Gasteiger partial charge in [0.1, 0.15) is 17.7 Å².